The second-order valence-electron chi connectivity index (χ2n) is 6.05. The first-order valence-corrected chi connectivity index (χ1v) is 7.94. The number of amides is 2. The number of rotatable bonds is 3. The van der Waals surface area contributed by atoms with E-state index in [-0.39, 0.29) is 33.2 Å². The van der Waals surface area contributed by atoms with E-state index in [4.69, 9.17) is 5.11 Å². The van der Waals surface area contributed by atoms with E-state index in [2.05, 4.69) is 0 Å². The first-order valence-electron chi connectivity index (χ1n) is 7.94. The quantitative estimate of drug-likeness (QED) is 0.419. The molecule has 0 saturated heterocycles. The van der Waals surface area contributed by atoms with E-state index >= 15 is 0 Å². The molecule has 3 aromatic rings. The van der Waals surface area contributed by atoms with Gasteiger partial charge >= 0.3 is 5.97 Å². The molecule has 3 aromatic carbocycles. The van der Waals surface area contributed by atoms with Crippen LogP contribution in [0.1, 0.15) is 31.1 Å². The van der Waals surface area contributed by atoms with Gasteiger partial charge in [-0.1, -0.05) is 6.07 Å². The summed E-state index contributed by atoms with van der Waals surface area (Å²) in [6, 6.07) is 10.1. The van der Waals surface area contributed by atoms with E-state index in [9.17, 15) is 29.6 Å². The highest BCUT2D eigenvalue weighted by atomic mass is 16.6. The minimum atomic E-state index is -1.17. The van der Waals surface area contributed by atoms with Crippen LogP contribution in [0.4, 0.5) is 11.4 Å². The van der Waals surface area contributed by atoms with Gasteiger partial charge in [0.2, 0.25) is 0 Å². The number of carboxylic acid groups (broad SMARTS) is 1. The molecular formula is C19H9N2O7-. The molecule has 1 aliphatic heterocycles. The van der Waals surface area contributed by atoms with Gasteiger partial charge in [-0.3, -0.25) is 19.7 Å². The van der Waals surface area contributed by atoms with Crippen molar-refractivity contribution in [2.24, 2.45) is 0 Å². The third-order valence-electron chi connectivity index (χ3n) is 4.52. The minimum absolute atomic E-state index is 0.0272. The fourth-order valence-electron chi connectivity index (χ4n) is 3.30. The molecule has 9 heteroatoms. The number of nitrogens with zero attached hydrogens (tertiary/aromatic N) is 2. The van der Waals surface area contributed by atoms with Crippen molar-refractivity contribution in [1.82, 2.24) is 0 Å². The third kappa shape index (κ3) is 2.30. The number of hydrogen-bond acceptors (Lipinski definition) is 6. The minimum Gasteiger partial charge on any atom is -0.868 e. The van der Waals surface area contributed by atoms with Gasteiger partial charge in [0.1, 0.15) is 0 Å². The van der Waals surface area contributed by atoms with E-state index in [0.29, 0.717) is 0 Å². The van der Waals surface area contributed by atoms with Crippen LogP contribution in [0.2, 0.25) is 0 Å². The van der Waals surface area contributed by atoms with Crippen LogP contribution in [0, 0.1) is 10.1 Å². The molecule has 0 aliphatic carbocycles. The highest BCUT2D eigenvalue weighted by Crippen LogP contribution is 2.40. The summed E-state index contributed by atoms with van der Waals surface area (Å²) in [5.41, 5.74) is -0.685. The lowest BCUT2D eigenvalue weighted by molar-refractivity contribution is -0.396. The number of carbonyl (C=O) groups excluding carboxylic acids is 2. The van der Waals surface area contributed by atoms with Crippen LogP contribution < -0.4 is 10.0 Å². The average Bonchev–Trinajstić information content (AvgIpc) is 2.65. The van der Waals surface area contributed by atoms with Gasteiger partial charge in [0.25, 0.3) is 17.5 Å². The van der Waals surface area contributed by atoms with Crippen molar-refractivity contribution in [1.29, 1.82) is 0 Å². The molecule has 0 unspecified atom stereocenters. The first-order chi connectivity index (χ1) is 13.3. The van der Waals surface area contributed by atoms with Crippen molar-refractivity contribution in [3.63, 3.8) is 0 Å². The molecule has 0 atom stereocenters. The van der Waals surface area contributed by atoms with Gasteiger partial charge in [0, 0.05) is 16.5 Å². The maximum Gasteiger partial charge on any atom is 0.335 e. The highest BCUT2D eigenvalue weighted by molar-refractivity contribution is 6.36. The summed E-state index contributed by atoms with van der Waals surface area (Å²) in [6.07, 6.45) is 0. The Morgan fingerprint density at radius 1 is 1.00 bits per heavy atom. The van der Waals surface area contributed by atoms with Crippen molar-refractivity contribution < 1.29 is 29.5 Å². The van der Waals surface area contributed by atoms with E-state index in [0.717, 1.165) is 11.0 Å². The SMILES string of the molecule is O=C(O)c1ccc(N2C(=O)c3cccc4c([N+](=O)[O-])c([O-])cc(c34)C2=O)cc1. The van der Waals surface area contributed by atoms with Gasteiger partial charge in [-0.15, -0.1) is 0 Å². The Morgan fingerprint density at radius 3 is 2.25 bits per heavy atom. The van der Waals surface area contributed by atoms with Crippen LogP contribution in [0.15, 0.2) is 48.5 Å². The first kappa shape index (κ1) is 17.2. The van der Waals surface area contributed by atoms with Crippen LogP contribution in [-0.4, -0.2) is 27.8 Å². The molecule has 0 aromatic heterocycles. The Morgan fingerprint density at radius 2 is 1.64 bits per heavy atom. The molecule has 9 nitrogen and oxygen atoms in total. The van der Waals surface area contributed by atoms with Crippen LogP contribution in [0.25, 0.3) is 10.8 Å². The van der Waals surface area contributed by atoms with E-state index < -0.39 is 34.1 Å². The highest BCUT2D eigenvalue weighted by Gasteiger charge is 2.36. The molecule has 2 amide bonds. The number of nitro groups is 1. The Labute approximate surface area is 156 Å². The van der Waals surface area contributed by atoms with Gasteiger partial charge in [0.15, 0.2) is 0 Å². The Kier molecular flexibility index (Phi) is 3.60. The van der Waals surface area contributed by atoms with Crippen LogP contribution in [0.5, 0.6) is 5.75 Å². The standard InChI is InChI=1S/C19H10N2O7/c22-14-8-13-15-11(16(14)21(27)28)2-1-3-12(15)17(23)20(18(13)24)10-6-4-9(5-7-10)19(25)26/h1-8,22H,(H,25,26)/p-1. The fourth-order valence-corrected chi connectivity index (χ4v) is 3.30. The predicted octanol–water partition coefficient (Wildman–Crippen LogP) is 2.32. The molecular weight excluding hydrogens is 368 g/mol. The number of imide groups is 1. The monoisotopic (exact) mass is 377 g/mol. The third-order valence-corrected chi connectivity index (χ3v) is 4.52. The molecule has 4 rings (SSSR count). The smallest absolute Gasteiger partial charge is 0.335 e. The molecule has 0 radical (unpaired) electrons. The van der Waals surface area contributed by atoms with E-state index in [1.807, 2.05) is 0 Å². The van der Waals surface area contributed by atoms with Gasteiger partial charge in [-0.2, -0.15) is 0 Å². The van der Waals surface area contributed by atoms with Crippen molar-refractivity contribution in [2.75, 3.05) is 4.90 Å². The normalized spacial score (nSPS) is 13.1. The van der Waals surface area contributed by atoms with Gasteiger partial charge in [-0.05, 0) is 48.2 Å². The molecule has 28 heavy (non-hydrogen) atoms. The molecule has 1 N–H and O–H groups in total. The average molecular weight is 377 g/mol. The van der Waals surface area contributed by atoms with Crippen LogP contribution in [0.3, 0.4) is 0 Å². The molecule has 1 aliphatic rings. The molecule has 0 spiro atoms. The second kappa shape index (κ2) is 5.88. The Hall–Kier alpha value is -4.27. The number of anilines is 1. The summed E-state index contributed by atoms with van der Waals surface area (Å²) < 4.78 is 0. The maximum atomic E-state index is 12.9. The summed E-state index contributed by atoms with van der Waals surface area (Å²) in [6.45, 7) is 0. The van der Waals surface area contributed by atoms with Crippen molar-refractivity contribution in [2.45, 2.75) is 0 Å². The number of carboxylic acids is 1. The topological polar surface area (TPSA) is 141 Å². The molecule has 138 valence electrons. The van der Waals surface area contributed by atoms with Gasteiger partial charge in [0.05, 0.1) is 21.6 Å². The molecule has 0 saturated carbocycles. The Bertz CT molecular complexity index is 1220. The lowest BCUT2D eigenvalue weighted by atomic mass is 9.92. The summed E-state index contributed by atoms with van der Waals surface area (Å²) in [7, 11) is 0. The number of nitro benzene ring substituents is 1. The summed E-state index contributed by atoms with van der Waals surface area (Å²) in [4.78, 5) is 48.1. The van der Waals surface area contributed by atoms with Crippen LogP contribution in [-0.2, 0) is 0 Å². The fraction of sp³-hybridized carbons (Fsp3) is 0. The van der Waals surface area contributed by atoms with Gasteiger partial charge in [-0.25, -0.2) is 9.69 Å². The van der Waals surface area contributed by atoms with E-state index in [1.165, 1.54) is 42.5 Å². The van der Waals surface area contributed by atoms with Crippen LogP contribution >= 0.6 is 0 Å². The lowest BCUT2D eigenvalue weighted by Gasteiger charge is -2.28. The summed E-state index contributed by atoms with van der Waals surface area (Å²) >= 11 is 0. The molecule has 0 bridgehead atoms. The predicted molar refractivity (Wildman–Crippen MR) is 94.6 cm³/mol. The van der Waals surface area contributed by atoms with Crippen molar-refractivity contribution in [3.8, 4) is 5.75 Å². The van der Waals surface area contributed by atoms with Crippen molar-refractivity contribution >= 4 is 39.9 Å². The lowest BCUT2D eigenvalue weighted by Crippen LogP contribution is -2.40. The Balaban J connectivity index is 1.95. The van der Waals surface area contributed by atoms with E-state index in [1.54, 1.807) is 0 Å². The summed E-state index contributed by atoms with van der Waals surface area (Å²) in [5.74, 6) is -3.64. The van der Waals surface area contributed by atoms with Gasteiger partial charge < -0.3 is 10.2 Å². The molecule has 1 heterocycles. The summed E-state index contributed by atoms with van der Waals surface area (Å²) in [5, 5.41) is 32.5. The number of benzene rings is 3. The van der Waals surface area contributed by atoms with Crippen molar-refractivity contribution in [3.05, 3.63) is 75.3 Å². The second-order valence-corrected chi connectivity index (χ2v) is 6.05. The zero-order valence-electron chi connectivity index (χ0n) is 13.9. The number of hydrogen-bond donors (Lipinski definition) is 1. The number of aromatic carboxylic acids is 1. The zero-order chi connectivity index (χ0) is 20.2. The number of carbonyl (C=O) groups is 3. The molecule has 0 fully saturated rings. The zero-order valence-corrected chi connectivity index (χ0v) is 13.9. The maximum absolute atomic E-state index is 12.9. The largest absolute Gasteiger partial charge is 0.868 e.